The van der Waals surface area contributed by atoms with Gasteiger partial charge in [-0.3, -0.25) is 4.72 Å². The molecule has 0 aromatic carbocycles. The molecule has 0 amide bonds. The van der Waals surface area contributed by atoms with E-state index < -0.39 is 27.5 Å². The van der Waals surface area contributed by atoms with E-state index in [1.807, 2.05) is 27.8 Å². The zero-order valence-electron chi connectivity index (χ0n) is 18.0. The molecule has 0 spiro atoms. The third-order valence-corrected chi connectivity index (χ3v) is 6.98. The summed E-state index contributed by atoms with van der Waals surface area (Å²) < 4.78 is 53.8. The molecule has 3 aromatic rings. The molecule has 0 bridgehead atoms. The number of ether oxygens (including phenoxy) is 1. The summed E-state index contributed by atoms with van der Waals surface area (Å²) in [5.41, 5.74) is 0.820. The molecule has 12 heteroatoms. The molecule has 2 unspecified atom stereocenters. The summed E-state index contributed by atoms with van der Waals surface area (Å²) in [6.07, 6.45) is 6.17. The average Bonchev–Trinajstić information content (AvgIpc) is 3.28. The summed E-state index contributed by atoms with van der Waals surface area (Å²) in [5.74, 6) is -1.35. The van der Waals surface area contributed by atoms with Crippen molar-refractivity contribution in [2.24, 2.45) is 5.92 Å². The molecule has 1 aliphatic rings. The third kappa shape index (κ3) is 4.82. The highest BCUT2D eigenvalue weighted by atomic mass is 32.2. The van der Waals surface area contributed by atoms with Gasteiger partial charge in [0.1, 0.15) is 11.5 Å². The quantitative estimate of drug-likeness (QED) is 0.506. The van der Waals surface area contributed by atoms with Crippen molar-refractivity contribution in [3.63, 3.8) is 0 Å². The van der Waals surface area contributed by atoms with Gasteiger partial charge in [0.25, 0.3) is 15.4 Å². The zero-order chi connectivity index (χ0) is 23.8. The smallest absolute Gasteiger partial charge is 0.340 e. The van der Waals surface area contributed by atoms with Crippen molar-refractivity contribution in [2.45, 2.75) is 26.4 Å². The molecule has 0 fully saturated rings. The van der Waals surface area contributed by atoms with Gasteiger partial charge < -0.3 is 9.15 Å². The Labute approximate surface area is 192 Å². The average molecular weight is 493 g/mol. The van der Waals surface area contributed by atoms with E-state index in [0.717, 1.165) is 5.22 Å². The fourth-order valence-electron chi connectivity index (χ4n) is 3.50. The molecule has 9 nitrogen and oxygen atoms in total. The summed E-state index contributed by atoms with van der Waals surface area (Å²) >= 11 is 1.37. The van der Waals surface area contributed by atoms with Crippen LogP contribution < -0.4 is 30.4 Å². The number of halogens is 1. The summed E-state index contributed by atoms with van der Waals surface area (Å²) in [6.45, 7) is 3.75. The van der Waals surface area contributed by atoms with E-state index in [-0.39, 0.29) is 29.6 Å². The predicted octanol–water partition coefficient (Wildman–Crippen LogP) is 1.06. The van der Waals surface area contributed by atoms with Crippen LogP contribution in [0.2, 0.25) is 0 Å². The van der Waals surface area contributed by atoms with Gasteiger partial charge >= 0.3 is 5.63 Å². The van der Waals surface area contributed by atoms with E-state index in [4.69, 9.17) is 9.15 Å². The fourth-order valence-corrected chi connectivity index (χ4v) is 4.52. The predicted molar refractivity (Wildman–Crippen MR) is 122 cm³/mol. The van der Waals surface area contributed by atoms with E-state index in [1.54, 1.807) is 19.2 Å². The monoisotopic (exact) mass is 492 g/mol. The molecule has 2 N–H and O–H groups in total. The van der Waals surface area contributed by atoms with Crippen molar-refractivity contribution < 1.29 is 22.0 Å². The van der Waals surface area contributed by atoms with Crippen LogP contribution in [0.3, 0.4) is 0 Å². The molecule has 1 aliphatic carbocycles. The normalized spacial score (nSPS) is 17.6. The highest BCUT2D eigenvalue weighted by Crippen LogP contribution is 2.22. The second-order valence-corrected chi connectivity index (χ2v) is 9.94. The van der Waals surface area contributed by atoms with Crippen LogP contribution in [0.5, 0.6) is 5.19 Å². The maximum Gasteiger partial charge on any atom is 0.340 e. The molecule has 33 heavy (non-hydrogen) atoms. The van der Waals surface area contributed by atoms with Gasteiger partial charge in [-0.05, 0) is 24.1 Å². The summed E-state index contributed by atoms with van der Waals surface area (Å²) in [7, 11) is -2.76. The number of aromatic nitrogens is 2. The molecule has 2 atom stereocenters. The first-order valence-corrected chi connectivity index (χ1v) is 12.3. The van der Waals surface area contributed by atoms with Gasteiger partial charge in [0, 0.05) is 54.0 Å². The number of rotatable bonds is 7. The lowest BCUT2D eigenvalue weighted by Gasteiger charge is -2.21. The van der Waals surface area contributed by atoms with Crippen molar-refractivity contribution in [3.05, 3.63) is 67.4 Å². The number of nitrogens with one attached hydrogen (secondary N) is 2. The minimum absolute atomic E-state index is 0.0270. The molecule has 0 saturated carbocycles. The van der Waals surface area contributed by atoms with Gasteiger partial charge in [-0.1, -0.05) is 24.3 Å². The van der Waals surface area contributed by atoms with E-state index >= 15 is 0 Å². The van der Waals surface area contributed by atoms with Crippen molar-refractivity contribution >= 4 is 39.5 Å². The maximum absolute atomic E-state index is 14.9. The topological polar surface area (TPSA) is 123 Å². The van der Waals surface area contributed by atoms with Crippen LogP contribution in [-0.4, -0.2) is 31.5 Å². The first kappa shape index (κ1) is 23.1. The number of nitrogens with zero attached hydrogens (tertiary/aromatic N) is 2. The van der Waals surface area contributed by atoms with E-state index in [1.165, 1.54) is 30.6 Å². The third-order valence-electron chi connectivity index (χ3n) is 5.32. The molecule has 3 aromatic heterocycles. The van der Waals surface area contributed by atoms with Crippen LogP contribution >= 0.6 is 11.3 Å². The first-order chi connectivity index (χ1) is 15.7. The molecule has 0 aliphatic heterocycles. The molecule has 0 radical (unpaired) electrons. The molecule has 0 saturated heterocycles. The van der Waals surface area contributed by atoms with Crippen LogP contribution in [0.25, 0.3) is 12.2 Å². The lowest BCUT2D eigenvalue weighted by atomic mass is 9.94. The molecular formula is C21H21FN4O5S2. The maximum atomic E-state index is 14.9. The highest BCUT2D eigenvalue weighted by Gasteiger charge is 2.23. The fraction of sp³-hybridized carbons (Fsp3) is 0.286. The van der Waals surface area contributed by atoms with E-state index in [0.29, 0.717) is 16.2 Å². The van der Waals surface area contributed by atoms with Crippen LogP contribution in [0.4, 0.5) is 10.2 Å². The Kier molecular flexibility index (Phi) is 6.32. The SMILES string of the molecule is CNS(=O)(=O)Nc1nccc(Cc2c(C)c3c(oc2=O)=CC(Oc2nccs2)C(C)C=3)c1F. The number of hydrogen-bond acceptors (Lipinski definition) is 8. The summed E-state index contributed by atoms with van der Waals surface area (Å²) in [6, 6.07) is 1.39. The molecular weight excluding hydrogens is 471 g/mol. The van der Waals surface area contributed by atoms with Crippen molar-refractivity contribution in [2.75, 3.05) is 11.8 Å². The summed E-state index contributed by atoms with van der Waals surface area (Å²) in [5, 5.41) is 3.07. The van der Waals surface area contributed by atoms with Gasteiger partial charge in [0.05, 0.1) is 0 Å². The Balaban J connectivity index is 1.70. The van der Waals surface area contributed by atoms with Crippen molar-refractivity contribution in [1.82, 2.24) is 14.7 Å². The minimum Gasteiger partial charge on any atom is -0.462 e. The Bertz CT molecular complexity index is 1470. The lowest BCUT2D eigenvalue weighted by molar-refractivity contribution is 0.226. The number of fused-ring (bicyclic) bond motifs is 1. The number of anilines is 1. The van der Waals surface area contributed by atoms with Crippen molar-refractivity contribution in [1.29, 1.82) is 0 Å². The number of hydrogen-bond donors (Lipinski definition) is 2. The van der Waals surface area contributed by atoms with Gasteiger partial charge in [0.15, 0.2) is 11.6 Å². The van der Waals surface area contributed by atoms with Crippen LogP contribution in [0.15, 0.2) is 33.1 Å². The molecule has 174 valence electrons. The highest BCUT2D eigenvalue weighted by molar-refractivity contribution is 7.90. The van der Waals surface area contributed by atoms with Crippen molar-refractivity contribution in [3.8, 4) is 5.19 Å². The largest absolute Gasteiger partial charge is 0.462 e. The standard InChI is InChI=1S/C21H21FN4O5S2/c1-11-8-14-12(2)15(9-13-4-5-24-19(18(13)22)26-33(28,29)23-3)20(27)30-17(14)10-16(11)31-21-25-6-7-32-21/h4-8,10-11,16,23H,9H2,1-3H3,(H,24,26). The Morgan fingerprint density at radius 2 is 2.06 bits per heavy atom. The molecule has 4 rings (SSSR count). The Morgan fingerprint density at radius 1 is 1.27 bits per heavy atom. The second kappa shape index (κ2) is 9.04. The number of pyridine rings is 1. The lowest BCUT2D eigenvalue weighted by Crippen LogP contribution is -2.42. The zero-order valence-corrected chi connectivity index (χ0v) is 19.6. The van der Waals surface area contributed by atoms with Gasteiger partial charge in [-0.2, -0.15) is 8.42 Å². The van der Waals surface area contributed by atoms with Gasteiger partial charge in [0.2, 0.25) is 0 Å². The minimum atomic E-state index is -3.95. The van der Waals surface area contributed by atoms with E-state index in [9.17, 15) is 17.6 Å². The number of thiazole rings is 1. The first-order valence-electron chi connectivity index (χ1n) is 9.95. The Morgan fingerprint density at radius 3 is 2.76 bits per heavy atom. The van der Waals surface area contributed by atoms with Gasteiger partial charge in [-0.15, -0.1) is 0 Å². The Hall–Kier alpha value is -3.09. The second-order valence-electron chi connectivity index (χ2n) is 7.46. The van der Waals surface area contributed by atoms with Crippen LogP contribution in [0.1, 0.15) is 23.6 Å². The van der Waals surface area contributed by atoms with Crippen LogP contribution in [-0.2, 0) is 16.6 Å². The van der Waals surface area contributed by atoms with Crippen LogP contribution in [0, 0.1) is 18.7 Å². The van der Waals surface area contributed by atoms with Gasteiger partial charge in [-0.25, -0.2) is 23.9 Å². The molecule has 3 heterocycles. The summed E-state index contributed by atoms with van der Waals surface area (Å²) in [4.78, 5) is 20.6. The van der Waals surface area contributed by atoms with E-state index in [2.05, 4.69) is 9.97 Å².